The number of nitrogens with zero attached hydrogens (tertiary/aromatic N) is 3. The van der Waals surface area contributed by atoms with Crippen LogP contribution in [0.4, 0.5) is 10.8 Å². The van der Waals surface area contributed by atoms with Gasteiger partial charge in [-0.2, -0.15) is 4.68 Å². The van der Waals surface area contributed by atoms with Crippen molar-refractivity contribution in [3.63, 3.8) is 0 Å². The van der Waals surface area contributed by atoms with Gasteiger partial charge in [0.15, 0.2) is 0 Å². The molecule has 2 amide bonds. The van der Waals surface area contributed by atoms with E-state index in [0.717, 1.165) is 16.0 Å². The molecule has 2 heterocycles. The third-order valence-corrected chi connectivity index (χ3v) is 4.77. The first-order chi connectivity index (χ1) is 12.6. The third kappa shape index (κ3) is 4.28. The fourth-order valence-electron chi connectivity index (χ4n) is 2.33. The lowest BCUT2D eigenvalue weighted by Crippen LogP contribution is -2.21. The van der Waals surface area contributed by atoms with Crippen LogP contribution < -0.4 is 11.1 Å². The summed E-state index contributed by atoms with van der Waals surface area (Å²) in [5.41, 5.74) is 6.08. The van der Waals surface area contributed by atoms with Gasteiger partial charge in [-0.05, 0) is 31.3 Å². The molecule has 0 unspecified atom stereocenters. The molecule has 0 aliphatic heterocycles. The second kappa shape index (κ2) is 7.95. The molecule has 0 aliphatic rings. The summed E-state index contributed by atoms with van der Waals surface area (Å²) in [6, 6.07) is 1.23. The highest BCUT2D eigenvalue weighted by Gasteiger charge is 2.26. The van der Waals surface area contributed by atoms with Crippen molar-refractivity contribution >= 4 is 39.9 Å². The maximum absolute atomic E-state index is 12.3. The Hall–Kier alpha value is -3.28. The van der Waals surface area contributed by atoms with Crippen molar-refractivity contribution in [1.29, 1.82) is 0 Å². The molecule has 27 heavy (non-hydrogen) atoms. The molecule has 144 valence electrons. The molecule has 12 heteroatoms. The highest BCUT2D eigenvalue weighted by Crippen LogP contribution is 2.33. The molecule has 0 atom stereocenters. The lowest BCUT2D eigenvalue weighted by atomic mass is 10.1. The number of rotatable bonds is 7. The van der Waals surface area contributed by atoms with Crippen molar-refractivity contribution in [2.75, 3.05) is 11.9 Å². The molecule has 2 rings (SSSR count). The number of nitrogens with one attached hydrogen (secondary N) is 1. The van der Waals surface area contributed by atoms with Gasteiger partial charge in [-0.15, -0.1) is 11.3 Å². The minimum absolute atomic E-state index is 0.0483. The maximum atomic E-state index is 12.3. The average Bonchev–Trinajstić information content (AvgIpc) is 3.08. The third-order valence-electron chi connectivity index (χ3n) is 3.55. The van der Waals surface area contributed by atoms with Gasteiger partial charge in [0.1, 0.15) is 11.5 Å². The van der Waals surface area contributed by atoms with E-state index in [2.05, 4.69) is 10.4 Å². The van der Waals surface area contributed by atoms with Crippen molar-refractivity contribution in [3.05, 3.63) is 37.9 Å². The maximum Gasteiger partial charge on any atom is 0.390 e. The van der Waals surface area contributed by atoms with Gasteiger partial charge in [0.2, 0.25) is 5.91 Å². The first-order valence-electron chi connectivity index (χ1n) is 7.74. The molecule has 0 aliphatic carbocycles. The Morgan fingerprint density at radius 2 is 2.07 bits per heavy atom. The second-order valence-electron chi connectivity index (χ2n) is 5.45. The van der Waals surface area contributed by atoms with Crippen molar-refractivity contribution < 1.29 is 24.0 Å². The van der Waals surface area contributed by atoms with Crippen LogP contribution in [0.25, 0.3) is 0 Å². The van der Waals surface area contributed by atoms with Gasteiger partial charge < -0.3 is 25.9 Å². The average molecular weight is 395 g/mol. The van der Waals surface area contributed by atoms with Gasteiger partial charge in [-0.1, -0.05) is 0 Å². The first-order valence-corrected chi connectivity index (χ1v) is 8.56. The van der Waals surface area contributed by atoms with Gasteiger partial charge in [0, 0.05) is 0 Å². The summed E-state index contributed by atoms with van der Waals surface area (Å²) in [7, 11) is 0. The van der Waals surface area contributed by atoms with E-state index in [4.69, 9.17) is 10.5 Å². The lowest BCUT2D eigenvalue weighted by Gasteiger charge is -2.07. The number of ether oxygens (including phenoxy) is 1. The van der Waals surface area contributed by atoms with Crippen molar-refractivity contribution in [2.45, 2.75) is 27.3 Å². The number of hydrogen-bond acceptors (Lipinski definition) is 8. The molecular formula is C15H17N5O6S. The van der Waals surface area contributed by atoms with Crippen LogP contribution in [0, 0.1) is 24.0 Å². The Morgan fingerprint density at radius 3 is 2.59 bits per heavy atom. The van der Waals surface area contributed by atoms with Crippen LogP contribution in [-0.2, 0) is 16.1 Å². The number of amides is 2. The van der Waals surface area contributed by atoms with E-state index in [1.54, 1.807) is 13.8 Å². The Morgan fingerprint density at radius 1 is 1.41 bits per heavy atom. The molecule has 0 radical (unpaired) electrons. The predicted molar refractivity (Wildman–Crippen MR) is 95.8 cm³/mol. The largest absolute Gasteiger partial charge is 0.462 e. The van der Waals surface area contributed by atoms with Crippen LogP contribution in [0.3, 0.4) is 0 Å². The zero-order chi connectivity index (χ0) is 20.3. The molecule has 3 N–H and O–H groups in total. The number of primary amides is 1. The standard InChI is InChI=1S/C15H17N5O6S/c1-4-26-15(23)11-8(3)12(13(16)22)27-14(11)17-10(21)6-19-7(2)5-9(18-19)20(24)25/h5H,4,6H2,1-3H3,(H2,16,22)(H,17,21). The zero-order valence-corrected chi connectivity index (χ0v) is 15.6. The van der Waals surface area contributed by atoms with Gasteiger partial charge in [0.25, 0.3) is 5.91 Å². The Balaban J connectivity index is 2.29. The number of aryl methyl sites for hydroxylation is 1. The van der Waals surface area contributed by atoms with Crippen LogP contribution in [0.2, 0.25) is 0 Å². The molecule has 2 aromatic rings. The van der Waals surface area contributed by atoms with Crippen molar-refractivity contribution in [3.8, 4) is 0 Å². The number of nitrogens with two attached hydrogens (primary N) is 1. The van der Waals surface area contributed by atoms with Crippen LogP contribution in [0.15, 0.2) is 6.07 Å². The van der Waals surface area contributed by atoms with Crippen molar-refractivity contribution in [1.82, 2.24) is 9.78 Å². The number of thiophene rings is 1. The highest BCUT2D eigenvalue weighted by molar-refractivity contribution is 7.18. The summed E-state index contributed by atoms with van der Waals surface area (Å²) in [6.07, 6.45) is 0. The number of nitro groups is 1. The van der Waals surface area contributed by atoms with E-state index in [9.17, 15) is 24.5 Å². The van der Waals surface area contributed by atoms with Crippen LogP contribution >= 0.6 is 11.3 Å². The normalized spacial score (nSPS) is 10.5. The van der Waals surface area contributed by atoms with Crippen LogP contribution in [-0.4, -0.2) is 39.1 Å². The molecule has 0 saturated heterocycles. The molecule has 0 fully saturated rings. The van der Waals surface area contributed by atoms with E-state index in [1.807, 2.05) is 0 Å². The van der Waals surface area contributed by atoms with E-state index in [0.29, 0.717) is 11.3 Å². The number of anilines is 1. The van der Waals surface area contributed by atoms with Gasteiger partial charge in [0.05, 0.1) is 33.9 Å². The molecular weight excluding hydrogens is 378 g/mol. The van der Waals surface area contributed by atoms with Gasteiger partial charge in [-0.3, -0.25) is 9.59 Å². The molecule has 0 saturated carbocycles. The minimum Gasteiger partial charge on any atom is -0.462 e. The second-order valence-corrected chi connectivity index (χ2v) is 6.47. The Kier molecular flexibility index (Phi) is 5.90. The van der Waals surface area contributed by atoms with Gasteiger partial charge >= 0.3 is 11.8 Å². The summed E-state index contributed by atoms with van der Waals surface area (Å²) in [6.45, 7) is 4.52. The monoisotopic (exact) mass is 395 g/mol. The predicted octanol–water partition coefficient (Wildman–Crippen LogP) is 1.38. The molecule has 0 spiro atoms. The summed E-state index contributed by atoms with van der Waals surface area (Å²) in [4.78, 5) is 46.3. The van der Waals surface area contributed by atoms with E-state index in [-0.39, 0.29) is 34.4 Å². The van der Waals surface area contributed by atoms with E-state index < -0.39 is 22.7 Å². The summed E-state index contributed by atoms with van der Waals surface area (Å²) >= 11 is 0.856. The van der Waals surface area contributed by atoms with Gasteiger partial charge in [-0.25, -0.2) is 4.79 Å². The Labute approximate surface area is 157 Å². The fraction of sp³-hybridized carbons (Fsp3) is 0.333. The minimum atomic E-state index is -0.734. The number of hydrogen-bond donors (Lipinski definition) is 2. The Bertz CT molecular complexity index is 932. The molecule has 2 aromatic heterocycles. The van der Waals surface area contributed by atoms with E-state index >= 15 is 0 Å². The lowest BCUT2D eigenvalue weighted by molar-refractivity contribution is -0.389. The smallest absolute Gasteiger partial charge is 0.390 e. The molecule has 0 bridgehead atoms. The summed E-state index contributed by atoms with van der Waals surface area (Å²) in [5, 5.41) is 17.1. The zero-order valence-electron chi connectivity index (χ0n) is 14.8. The highest BCUT2D eigenvalue weighted by atomic mass is 32.1. The number of esters is 1. The van der Waals surface area contributed by atoms with Crippen LogP contribution in [0.1, 0.15) is 38.2 Å². The van der Waals surface area contributed by atoms with Crippen LogP contribution in [0.5, 0.6) is 0 Å². The number of carbonyl (C=O) groups excluding carboxylic acids is 3. The topological polar surface area (TPSA) is 159 Å². The molecule has 11 nitrogen and oxygen atoms in total. The SMILES string of the molecule is CCOC(=O)c1c(NC(=O)Cn2nc([N+](=O)[O-])cc2C)sc(C(N)=O)c1C. The summed E-state index contributed by atoms with van der Waals surface area (Å²) in [5.74, 6) is -2.39. The summed E-state index contributed by atoms with van der Waals surface area (Å²) < 4.78 is 6.12. The fourth-order valence-corrected chi connectivity index (χ4v) is 3.39. The van der Waals surface area contributed by atoms with E-state index in [1.165, 1.54) is 13.0 Å². The van der Waals surface area contributed by atoms with Crippen molar-refractivity contribution in [2.24, 2.45) is 5.73 Å². The first kappa shape index (κ1) is 20.0. The molecule has 0 aromatic carbocycles. The quantitative estimate of drug-likeness (QED) is 0.407. The number of aromatic nitrogens is 2. The number of carbonyl (C=O) groups is 3.